The molecule has 3 aromatic rings. The van der Waals surface area contributed by atoms with Gasteiger partial charge in [-0.1, -0.05) is 90.9 Å². The standard InChI is InChI=1S/C61H76ClN9O19/c1-34-14-13-19-46(84-8)61(82)26-45(88-58(80)68-61)35(2)56-60(4,90-56)47(25-53(77)71(6)43-23-37(22-34)24-44(83-7)55(43)62)89-57(79)36(3)70(5)54(78)33-85-31-51(75)67-29-50(74)66-28-49(73)65-27-48(72)63-20-21-64-52(76)32-87-69-59(81)86-30-42-40-17-11-9-15-38(40)39-16-10-12-18-41(39)42/h9-19,23-24,35-36,42,45-47,56,82H,20-22,25-33H2,1-8H3,(H,63,72)(H,64,76)(H,65,73)(H,66,74)(H,67,75)(H,68,80)(H,69,81)/b19-13+,34-14+. The average molecular weight is 1270 g/mol. The van der Waals surface area contributed by atoms with Gasteiger partial charge >= 0.3 is 18.2 Å². The number of carbonyl (C=O) groups is 10. The van der Waals surface area contributed by atoms with E-state index < -0.39 is 153 Å². The number of epoxide rings is 1. The van der Waals surface area contributed by atoms with Crippen LogP contribution in [0.1, 0.15) is 63.1 Å². The first-order chi connectivity index (χ1) is 42.9. The molecule has 8 atom stereocenters. The molecular weight excluding hydrogens is 1200 g/mol. The van der Waals surface area contributed by atoms with Crippen molar-refractivity contribution in [1.82, 2.24) is 42.3 Å². The van der Waals surface area contributed by atoms with E-state index in [1.807, 2.05) is 61.5 Å². The van der Waals surface area contributed by atoms with Crippen LogP contribution >= 0.6 is 11.6 Å². The Morgan fingerprint density at radius 2 is 1.46 bits per heavy atom. The predicted octanol–water partition coefficient (Wildman–Crippen LogP) is 1.58. The molecule has 2 saturated heterocycles. The van der Waals surface area contributed by atoms with E-state index in [0.717, 1.165) is 38.3 Å². The molecule has 29 heteroatoms. The number of methoxy groups -OCH3 is 2. The highest BCUT2D eigenvalue weighted by molar-refractivity contribution is 6.35. The second kappa shape index (κ2) is 31.2. The van der Waals surface area contributed by atoms with Gasteiger partial charge in [-0.05, 0) is 67.1 Å². The molecule has 8 N–H and O–H groups in total. The summed E-state index contributed by atoms with van der Waals surface area (Å²) >= 11 is 6.79. The first-order valence-electron chi connectivity index (χ1n) is 28.8. The predicted molar refractivity (Wildman–Crippen MR) is 321 cm³/mol. The lowest BCUT2D eigenvalue weighted by molar-refractivity contribution is -0.163. The van der Waals surface area contributed by atoms with Crippen molar-refractivity contribution in [1.29, 1.82) is 0 Å². The summed E-state index contributed by atoms with van der Waals surface area (Å²) < 4.78 is 39.9. The molecule has 1 aliphatic carbocycles. The summed E-state index contributed by atoms with van der Waals surface area (Å²) in [5.74, 6) is -6.29. The van der Waals surface area contributed by atoms with Crippen molar-refractivity contribution >= 4 is 76.8 Å². The first kappa shape index (κ1) is 68.8. The lowest BCUT2D eigenvalue weighted by Gasteiger charge is -2.42. The van der Waals surface area contributed by atoms with Crippen molar-refractivity contribution in [2.75, 3.05) is 92.4 Å². The number of anilines is 1. The number of likely N-dealkylation sites (N-methyl/N-ethyl adjacent to an activating group) is 1. The maximum atomic E-state index is 14.3. The minimum atomic E-state index is -1.92. The summed E-state index contributed by atoms with van der Waals surface area (Å²) in [5.41, 5.74) is 4.88. The van der Waals surface area contributed by atoms with Gasteiger partial charge in [0.05, 0.1) is 45.0 Å². The van der Waals surface area contributed by atoms with Crippen LogP contribution in [-0.2, 0) is 78.0 Å². The molecule has 4 bridgehead atoms. The number of alkyl carbamates (subject to hydrolysis) is 1. The lowest BCUT2D eigenvalue weighted by atomic mass is 9.83. The Bertz CT molecular complexity index is 3210. The van der Waals surface area contributed by atoms with Crippen LogP contribution in [0.5, 0.6) is 5.75 Å². The number of esters is 1. The molecule has 8 unspecified atom stereocenters. The molecule has 486 valence electrons. The van der Waals surface area contributed by atoms with Crippen LogP contribution in [-0.4, -0.2) is 199 Å². The largest absolute Gasteiger partial charge is 0.495 e. The molecule has 2 fully saturated rings. The lowest BCUT2D eigenvalue weighted by Crippen LogP contribution is -2.63. The number of rotatable bonds is 23. The van der Waals surface area contributed by atoms with Gasteiger partial charge in [-0.2, -0.15) is 5.48 Å². The van der Waals surface area contributed by atoms with Crippen LogP contribution in [0.2, 0.25) is 5.02 Å². The van der Waals surface area contributed by atoms with Crippen molar-refractivity contribution < 1.29 is 91.0 Å². The number of carbonyl (C=O) groups excluding carboxylic acids is 10. The summed E-state index contributed by atoms with van der Waals surface area (Å²) in [6, 6.07) is 17.9. The molecule has 7 rings (SSSR count). The molecule has 3 aromatic carbocycles. The second-order valence-electron chi connectivity index (χ2n) is 22.1. The number of ether oxygens (including phenoxy) is 7. The highest BCUT2D eigenvalue weighted by Gasteiger charge is 2.64. The minimum Gasteiger partial charge on any atom is -0.495 e. The van der Waals surface area contributed by atoms with Crippen molar-refractivity contribution in [3.05, 3.63) is 106 Å². The number of amides is 9. The Balaban J connectivity index is 0.797. The fraction of sp³-hybridized carbons (Fsp3) is 0.475. The third-order valence-electron chi connectivity index (χ3n) is 15.8. The van der Waals surface area contributed by atoms with Crippen LogP contribution < -0.4 is 47.0 Å². The van der Waals surface area contributed by atoms with Gasteiger partial charge < -0.3 is 74.6 Å². The van der Waals surface area contributed by atoms with E-state index in [1.54, 1.807) is 38.1 Å². The molecule has 28 nitrogen and oxygen atoms in total. The number of aliphatic hydroxyl groups is 1. The number of allylic oxidation sites excluding steroid dienone is 3. The van der Waals surface area contributed by atoms with Crippen molar-refractivity contribution in [3.63, 3.8) is 0 Å². The van der Waals surface area contributed by atoms with E-state index in [4.69, 9.17) is 49.6 Å². The van der Waals surface area contributed by atoms with E-state index >= 15 is 0 Å². The smallest absolute Gasteiger partial charge is 0.431 e. The maximum Gasteiger partial charge on any atom is 0.431 e. The minimum absolute atomic E-state index is 0.0127. The fourth-order valence-electron chi connectivity index (χ4n) is 10.6. The monoisotopic (exact) mass is 1270 g/mol. The van der Waals surface area contributed by atoms with E-state index in [9.17, 15) is 53.1 Å². The fourth-order valence-corrected chi connectivity index (χ4v) is 10.9. The Hall–Kier alpha value is -8.67. The summed E-state index contributed by atoms with van der Waals surface area (Å²) in [7, 11) is 5.62. The third-order valence-corrected chi connectivity index (χ3v) is 16.2. The first-order valence-corrected chi connectivity index (χ1v) is 29.2. The number of hydrogen-bond acceptors (Lipinski definition) is 19. The molecule has 0 radical (unpaired) electrons. The van der Waals surface area contributed by atoms with Gasteiger partial charge in [-0.15, -0.1) is 0 Å². The summed E-state index contributed by atoms with van der Waals surface area (Å²) in [5, 5.41) is 26.3. The van der Waals surface area contributed by atoms with E-state index in [-0.39, 0.29) is 37.1 Å². The van der Waals surface area contributed by atoms with Crippen LogP contribution in [0.15, 0.2) is 84.5 Å². The maximum absolute atomic E-state index is 14.3. The van der Waals surface area contributed by atoms with Gasteiger partial charge in [-0.25, -0.2) is 14.4 Å². The Morgan fingerprint density at radius 3 is 2.09 bits per heavy atom. The quantitative estimate of drug-likeness (QED) is 0.0220. The Kier molecular flexibility index (Phi) is 23.8. The Morgan fingerprint density at radius 1 is 0.856 bits per heavy atom. The molecule has 0 saturated carbocycles. The van der Waals surface area contributed by atoms with Crippen molar-refractivity contribution in [2.24, 2.45) is 5.92 Å². The summed E-state index contributed by atoms with van der Waals surface area (Å²) in [6.45, 7) is 3.11. The van der Waals surface area contributed by atoms with Gasteiger partial charge in [0.1, 0.15) is 60.5 Å². The summed E-state index contributed by atoms with van der Waals surface area (Å²) in [4.78, 5) is 136. The number of fused-ring (bicyclic) bond motifs is 8. The van der Waals surface area contributed by atoms with Gasteiger partial charge in [0.2, 0.25) is 41.4 Å². The molecule has 0 aromatic heterocycles. The average Bonchev–Trinajstić information content (AvgIpc) is 1.58. The van der Waals surface area contributed by atoms with Crippen molar-refractivity contribution in [3.8, 4) is 16.9 Å². The normalized spacial score (nSPS) is 23.2. The topological polar surface area (TPSA) is 359 Å². The van der Waals surface area contributed by atoms with Gasteiger partial charge in [0.25, 0.3) is 0 Å². The molecular formula is C61H76ClN9O19. The number of nitrogens with zero attached hydrogens (tertiary/aromatic N) is 2. The number of hydroxylamine groups is 1. The van der Waals surface area contributed by atoms with Crippen LogP contribution in [0.3, 0.4) is 0 Å². The van der Waals surface area contributed by atoms with Crippen LogP contribution in [0.25, 0.3) is 11.1 Å². The second-order valence-corrected chi connectivity index (χ2v) is 22.5. The number of halogens is 1. The zero-order valence-corrected chi connectivity index (χ0v) is 51.9. The van der Waals surface area contributed by atoms with Crippen molar-refractivity contribution in [2.45, 2.75) is 94.7 Å². The van der Waals surface area contributed by atoms with E-state index in [1.165, 1.54) is 40.1 Å². The molecule has 4 aliphatic rings. The molecule has 3 aliphatic heterocycles. The molecule has 0 spiro atoms. The SMILES string of the molecule is COc1cc2cc(c1Cl)N(C)C(=O)CC(OC(=O)C(C)N(C)C(=O)COCC(=O)NCC(=O)NCC(=O)NCC(=O)NCCNC(=O)CONC(=O)OCC1c3ccccc3-c3ccccc31)C1(C)OC1C(C)C1CC(O)(NC(=O)O1)C(OC)/C=C/C=C(\C)C2. The molecule has 3 heterocycles. The highest BCUT2D eigenvalue weighted by Crippen LogP contribution is 2.50. The number of nitrogens with one attached hydrogen (secondary N) is 7. The Labute approximate surface area is 524 Å². The number of benzene rings is 3. The van der Waals surface area contributed by atoms with Gasteiger partial charge in [-0.3, -0.25) is 43.7 Å². The van der Waals surface area contributed by atoms with Gasteiger partial charge in [0, 0.05) is 52.6 Å². The molecule has 9 amide bonds. The summed E-state index contributed by atoms with van der Waals surface area (Å²) in [6.07, 6.45) is -0.972. The third kappa shape index (κ3) is 17.8. The number of hydrogen-bond donors (Lipinski definition) is 8. The zero-order chi connectivity index (χ0) is 65.5. The van der Waals surface area contributed by atoms with Gasteiger partial charge in [0.15, 0.2) is 12.3 Å². The van der Waals surface area contributed by atoms with E-state index in [2.05, 4.69) is 37.4 Å². The van der Waals surface area contributed by atoms with Crippen LogP contribution in [0, 0.1) is 5.92 Å². The van der Waals surface area contributed by atoms with E-state index in [0.29, 0.717) is 17.9 Å². The molecule has 90 heavy (non-hydrogen) atoms. The zero-order valence-electron chi connectivity index (χ0n) is 51.1. The van der Waals surface area contributed by atoms with Crippen LogP contribution in [0.4, 0.5) is 15.3 Å². The highest BCUT2D eigenvalue weighted by atomic mass is 35.5.